The molecule has 0 aliphatic carbocycles. The van der Waals surface area contributed by atoms with Crippen LogP contribution in [0.25, 0.3) is 0 Å². The lowest BCUT2D eigenvalue weighted by atomic mass is 10.1. The number of nitrogens with two attached hydrogens (primary N) is 1. The van der Waals surface area contributed by atoms with E-state index in [1.54, 1.807) is 30.8 Å². The first-order valence-electron chi connectivity index (χ1n) is 5.29. The lowest BCUT2D eigenvalue weighted by Crippen LogP contribution is -2.26. The molecule has 0 fully saturated rings. The molecule has 3 N–H and O–H groups in total. The number of rotatable bonds is 6. The van der Waals surface area contributed by atoms with Gasteiger partial charge in [0, 0.05) is 18.8 Å². The van der Waals surface area contributed by atoms with Crippen LogP contribution in [0.2, 0.25) is 0 Å². The van der Waals surface area contributed by atoms with Crippen LogP contribution in [0.3, 0.4) is 0 Å². The fraction of sp³-hybridized carbons (Fsp3) is 0.455. The van der Waals surface area contributed by atoms with Crippen LogP contribution in [0.15, 0.2) is 23.1 Å². The number of sulfonamides is 1. The van der Waals surface area contributed by atoms with Gasteiger partial charge in [-0.05, 0) is 30.4 Å². The summed E-state index contributed by atoms with van der Waals surface area (Å²) < 4.78 is 26.6. The Morgan fingerprint density at radius 1 is 1.41 bits per heavy atom. The first kappa shape index (κ1) is 14.5. The molecule has 6 heteroatoms. The highest BCUT2D eigenvalue weighted by atomic mass is 32.2. The molecular formula is C11H18N2O2S2. The topological polar surface area (TPSA) is 72.2 Å². The third-order valence-electron chi connectivity index (χ3n) is 2.38. The molecule has 0 aromatic heterocycles. The van der Waals surface area contributed by atoms with Crippen LogP contribution in [0.4, 0.5) is 0 Å². The van der Waals surface area contributed by atoms with Gasteiger partial charge in [-0.25, -0.2) is 13.1 Å². The smallest absolute Gasteiger partial charge is 0.240 e. The molecule has 1 aromatic rings. The predicted octanol–water partition coefficient (Wildman–Crippen LogP) is 1.10. The molecule has 0 amide bonds. The molecule has 0 bridgehead atoms. The van der Waals surface area contributed by atoms with Crippen molar-refractivity contribution in [2.75, 3.05) is 18.6 Å². The summed E-state index contributed by atoms with van der Waals surface area (Å²) in [5, 5.41) is 0. The van der Waals surface area contributed by atoms with Crippen molar-refractivity contribution in [1.82, 2.24) is 4.72 Å². The summed E-state index contributed by atoms with van der Waals surface area (Å²) in [5.74, 6) is 0.759. The highest BCUT2D eigenvalue weighted by Gasteiger charge is 2.16. The van der Waals surface area contributed by atoms with E-state index in [-0.39, 0.29) is 0 Å². The van der Waals surface area contributed by atoms with Crippen molar-refractivity contribution in [2.45, 2.75) is 18.4 Å². The highest BCUT2D eigenvalue weighted by molar-refractivity contribution is 7.98. The molecule has 0 aliphatic heterocycles. The normalized spacial score (nSPS) is 11.7. The summed E-state index contributed by atoms with van der Waals surface area (Å²) in [4.78, 5) is 0.321. The van der Waals surface area contributed by atoms with Gasteiger partial charge in [-0.15, -0.1) is 0 Å². The van der Waals surface area contributed by atoms with Crippen LogP contribution < -0.4 is 10.5 Å². The largest absolute Gasteiger partial charge is 0.326 e. The van der Waals surface area contributed by atoms with Gasteiger partial charge >= 0.3 is 0 Å². The van der Waals surface area contributed by atoms with E-state index < -0.39 is 10.0 Å². The average Bonchev–Trinajstić information content (AvgIpc) is 2.29. The third kappa shape index (κ3) is 3.99. The first-order chi connectivity index (χ1) is 8.01. The SMILES string of the molecule is CSCCNS(=O)(=O)c1cc(CN)ccc1C. The fourth-order valence-electron chi connectivity index (χ4n) is 1.42. The molecule has 0 unspecified atom stereocenters. The van der Waals surface area contributed by atoms with Crippen molar-refractivity contribution in [3.05, 3.63) is 29.3 Å². The number of aryl methyl sites for hydroxylation is 1. The van der Waals surface area contributed by atoms with E-state index in [0.29, 0.717) is 18.0 Å². The highest BCUT2D eigenvalue weighted by Crippen LogP contribution is 2.16. The molecule has 0 radical (unpaired) electrons. The average molecular weight is 274 g/mol. The van der Waals surface area contributed by atoms with Crippen molar-refractivity contribution in [3.63, 3.8) is 0 Å². The molecule has 17 heavy (non-hydrogen) atoms. The number of nitrogens with one attached hydrogen (secondary N) is 1. The molecular weight excluding hydrogens is 256 g/mol. The molecule has 4 nitrogen and oxygen atoms in total. The Kier molecular flexibility index (Phi) is 5.45. The molecule has 0 heterocycles. The number of benzene rings is 1. The Hall–Kier alpha value is -0.560. The second kappa shape index (κ2) is 6.39. The molecule has 0 atom stereocenters. The maximum atomic E-state index is 12.0. The van der Waals surface area contributed by atoms with Crippen molar-refractivity contribution in [1.29, 1.82) is 0 Å². The van der Waals surface area contributed by atoms with E-state index in [2.05, 4.69) is 4.72 Å². The van der Waals surface area contributed by atoms with Gasteiger partial charge in [0.25, 0.3) is 0 Å². The molecule has 0 saturated heterocycles. The van der Waals surface area contributed by atoms with Crippen LogP contribution >= 0.6 is 11.8 Å². The Morgan fingerprint density at radius 2 is 2.12 bits per heavy atom. The second-order valence-electron chi connectivity index (χ2n) is 3.69. The summed E-state index contributed by atoms with van der Waals surface area (Å²) in [5.41, 5.74) is 7.07. The van der Waals surface area contributed by atoms with Gasteiger partial charge in [0.1, 0.15) is 0 Å². The van der Waals surface area contributed by atoms with E-state index in [4.69, 9.17) is 5.73 Å². The Bertz CT molecular complexity index is 472. The predicted molar refractivity (Wildman–Crippen MR) is 72.6 cm³/mol. The van der Waals surface area contributed by atoms with E-state index in [0.717, 1.165) is 16.9 Å². The Labute approximate surface area is 107 Å². The lowest BCUT2D eigenvalue weighted by molar-refractivity contribution is 0.583. The number of thioether (sulfide) groups is 1. The second-order valence-corrected chi connectivity index (χ2v) is 6.42. The minimum atomic E-state index is -3.41. The van der Waals surface area contributed by atoms with Crippen molar-refractivity contribution >= 4 is 21.8 Å². The van der Waals surface area contributed by atoms with Crippen molar-refractivity contribution in [2.24, 2.45) is 5.73 Å². The van der Waals surface area contributed by atoms with Gasteiger partial charge in [-0.1, -0.05) is 12.1 Å². The van der Waals surface area contributed by atoms with Crippen LogP contribution in [-0.4, -0.2) is 27.0 Å². The van der Waals surface area contributed by atoms with Crippen LogP contribution in [0.1, 0.15) is 11.1 Å². The molecule has 1 aromatic carbocycles. The first-order valence-corrected chi connectivity index (χ1v) is 8.17. The monoisotopic (exact) mass is 274 g/mol. The minimum absolute atomic E-state index is 0.321. The van der Waals surface area contributed by atoms with Crippen molar-refractivity contribution < 1.29 is 8.42 Å². The minimum Gasteiger partial charge on any atom is -0.326 e. The van der Waals surface area contributed by atoms with Gasteiger partial charge in [0.05, 0.1) is 4.90 Å². The molecule has 0 saturated carbocycles. The Balaban J connectivity index is 2.97. The quantitative estimate of drug-likeness (QED) is 0.762. The van der Waals surface area contributed by atoms with E-state index in [1.165, 1.54) is 0 Å². The lowest BCUT2D eigenvalue weighted by Gasteiger charge is -2.10. The van der Waals surface area contributed by atoms with Crippen LogP contribution in [0.5, 0.6) is 0 Å². The van der Waals surface area contributed by atoms with E-state index >= 15 is 0 Å². The molecule has 1 rings (SSSR count). The van der Waals surface area contributed by atoms with Gasteiger partial charge in [-0.3, -0.25) is 0 Å². The maximum Gasteiger partial charge on any atom is 0.240 e. The number of hydrogen-bond donors (Lipinski definition) is 2. The molecule has 96 valence electrons. The van der Waals surface area contributed by atoms with Gasteiger partial charge < -0.3 is 5.73 Å². The van der Waals surface area contributed by atoms with Gasteiger partial charge in [-0.2, -0.15) is 11.8 Å². The van der Waals surface area contributed by atoms with Crippen LogP contribution in [0, 0.1) is 6.92 Å². The van der Waals surface area contributed by atoms with Gasteiger partial charge in [0.2, 0.25) is 10.0 Å². The summed E-state index contributed by atoms with van der Waals surface area (Å²) in [6, 6.07) is 5.26. The number of hydrogen-bond acceptors (Lipinski definition) is 4. The summed E-state index contributed by atoms with van der Waals surface area (Å²) in [6.07, 6.45) is 1.94. The molecule has 0 spiro atoms. The molecule has 0 aliphatic rings. The zero-order valence-corrected chi connectivity index (χ0v) is 11.7. The zero-order chi connectivity index (χ0) is 12.9. The third-order valence-corrected chi connectivity index (χ3v) is 4.59. The summed E-state index contributed by atoms with van der Waals surface area (Å²) in [6.45, 7) is 2.56. The fourth-order valence-corrected chi connectivity index (χ4v) is 3.18. The van der Waals surface area contributed by atoms with Crippen LogP contribution in [-0.2, 0) is 16.6 Å². The zero-order valence-electron chi connectivity index (χ0n) is 10.1. The van der Waals surface area contributed by atoms with E-state index in [1.807, 2.05) is 12.3 Å². The summed E-state index contributed by atoms with van der Waals surface area (Å²) in [7, 11) is -3.41. The Morgan fingerprint density at radius 3 is 2.71 bits per heavy atom. The van der Waals surface area contributed by atoms with Gasteiger partial charge in [0.15, 0.2) is 0 Å². The summed E-state index contributed by atoms with van der Waals surface area (Å²) >= 11 is 1.60. The maximum absolute atomic E-state index is 12.0. The van der Waals surface area contributed by atoms with E-state index in [9.17, 15) is 8.42 Å². The van der Waals surface area contributed by atoms with Crippen molar-refractivity contribution in [3.8, 4) is 0 Å². The standard InChI is InChI=1S/C11H18N2O2S2/c1-9-3-4-10(8-12)7-11(9)17(14,15)13-5-6-16-2/h3-4,7,13H,5-6,8,12H2,1-2H3.